The molecule has 2 rings (SSSR count). The molecule has 1 aromatic carbocycles. The van der Waals surface area contributed by atoms with Crippen LogP contribution in [0.25, 0.3) is 0 Å². The maximum atomic E-state index is 13.5. The Balaban J connectivity index is 2.20. The number of ether oxygens (including phenoxy) is 1. The SMILES string of the molecule is CC(C)(C)OC(=O)N1CCCC(c2cc(F)ccc2C(=O)O)C1. The van der Waals surface area contributed by atoms with Gasteiger partial charge >= 0.3 is 12.1 Å². The van der Waals surface area contributed by atoms with Gasteiger partial charge in [0.1, 0.15) is 11.4 Å². The summed E-state index contributed by atoms with van der Waals surface area (Å²) in [6, 6.07) is 3.67. The summed E-state index contributed by atoms with van der Waals surface area (Å²) in [6.07, 6.45) is 1.01. The molecule has 0 bridgehead atoms. The second-order valence-corrected chi connectivity index (χ2v) is 6.80. The molecule has 0 aromatic heterocycles. The molecule has 1 aliphatic rings. The third-order valence-electron chi connectivity index (χ3n) is 3.76. The Morgan fingerprint density at radius 2 is 2.04 bits per heavy atom. The van der Waals surface area contributed by atoms with E-state index in [-0.39, 0.29) is 11.5 Å². The lowest BCUT2D eigenvalue weighted by Crippen LogP contribution is -2.42. The Bertz CT molecular complexity index is 609. The third-order valence-corrected chi connectivity index (χ3v) is 3.76. The van der Waals surface area contributed by atoms with Gasteiger partial charge in [-0.3, -0.25) is 0 Å². The average Bonchev–Trinajstić information content (AvgIpc) is 2.45. The van der Waals surface area contributed by atoms with Crippen molar-refractivity contribution >= 4 is 12.1 Å². The van der Waals surface area contributed by atoms with Gasteiger partial charge in [-0.25, -0.2) is 14.0 Å². The van der Waals surface area contributed by atoms with Crippen LogP contribution < -0.4 is 0 Å². The van der Waals surface area contributed by atoms with E-state index in [1.807, 2.05) is 0 Å². The predicted molar refractivity (Wildman–Crippen MR) is 83.1 cm³/mol. The van der Waals surface area contributed by atoms with Crippen molar-refractivity contribution in [3.8, 4) is 0 Å². The second kappa shape index (κ2) is 6.56. The van der Waals surface area contributed by atoms with Crippen LogP contribution >= 0.6 is 0 Å². The van der Waals surface area contributed by atoms with Gasteiger partial charge in [-0.15, -0.1) is 0 Å². The van der Waals surface area contributed by atoms with Crippen molar-refractivity contribution in [2.45, 2.75) is 45.1 Å². The van der Waals surface area contributed by atoms with E-state index in [4.69, 9.17) is 4.74 Å². The fourth-order valence-corrected chi connectivity index (χ4v) is 2.79. The topological polar surface area (TPSA) is 66.8 Å². The molecule has 126 valence electrons. The number of nitrogens with zero attached hydrogens (tertiary/aromatic N) is 1. The highest BCUT2D eigenvalue weighted by Gasteiger charge is 2.30. The van der Waals surface area contributed by atoms with E-state index in [1.54, 1.807) is 25.7 Å². The number of carbonyl (C=O) groups excluding carboxylic acids is 1. The fraction of sp³-hybridized carbons (Fsp3) is 0.529. The van der Waals surface area contributed by atoms with Gasteiger partial charge in [0.15, 0.2) is 0 Å². The van der Waals surface area contributed by atoms with Crippen LogP contribution in [0.5, 0.6) is 0 Å². The first kappa shape index (κ1) is 17.2. The summed E-state index contributed by atoms with van der Waals surface area (Å²) in [7, 11) is 0. The van der Waals surface area contributed by atoms with Crippen molar-refractivity contribution in [2.75, 3.05) is 13.1 Å². The van der Waals surface area contributed by atoms with E-state index in [1.165, 1.54) is 12.1 Å². The molecule has 1 fully saturated rings. The molecule has 0 spiro atoms. The van der Waals surface area contributed by atoms with Gasteiger partial charge in [0, 0.05) is 19.0 Å². The summed E-state index contributed by atoms with van der Waals surface area (Å²) >= 11 is 0. The number of likely N-dealkylation sites (tertiary alicyclic amines) is 1. The van der Waals surface area contributed by atoms with E-state index in [2.05, 4.69) is 0 Å². The van der Waals surface area contributed by atoms with Crippen molar-refractivity contribution in [2.24, 2.45) is 0 Å². The molecular weight excluding hydrogens is 301 g/mol. The Hall–Kier alpha value is -2.11. The molecule has 0 aliphatic carbocycles. The summed E-state index contributed by atoms with van der Waals surface area (Å²) in [6.45, 7) is 6.27. The van der Waals surface area contributed by atoms with Crippen molar-refractivity contribution in [1.82, 2.24) is 4.90 Å². The van der Waals surface area contributed by atoms with E-state index in [0.29, 0.717) is 25.1 Å². The minimum atomic E-state index is -1.09. The van der Waals surface area contributed by atoms with Crippen molar-refractivity contribution < 1.29 is 23.8 Å². The smallest absolute Gasteiger partial charge is 0.410 e. The fourth-order valence-electron chi connectivity index (χ4n) is 2.79. The first-order chi connectivity index (χ1) is 10.7. The lowest BCUT2D eigenvalue weighted by molar-refractivity contribution is 0.0198. The average molecular weight is 323 g/mol. The molecule has 1 aliphatic heterocycles. The summed E-state index contributed by atoms with van der Waals surface area (Å²) in [4.78, 5) is 25.1. The molecule has 1 atom stereocenters. The number of halogens is 1. The van der Waals surface area contributed by atoms with Gasteiger partial charge in [-0.05, 0) is 57.4 Å². The number of amides is 1. The molecule has 23 heavy (non-hydrogen) atoms. The maximum Gasteiger partial charge on any atom is 0.410 e. The predicted octanol–water partition coefficient (Wildman–Crippen LogP) is 3.64. The van der Waals surface area contributed by atoms with Crippen LogP contribution in [-0.2, 0) is 4.74 Å². The van der Waals surface area contributed by atoms with Crippen LogP contribution in [0.4, 0.5) is 9.18 Å². The monoisotopic (exact) mass is 323 g/mol. The number of carboxylic acid groups (broad SMARTS) is 1. The summed E-state index contributed by atoms with van der Waals surface area (Å²) < 4.78 is 18.9. The van der Waals surface area contributed by atoms with Gasteiger partial charge in [-0.1, -0.05) is 0 Å². The number of aromatic carboxylic acids is 1. The number of hydrogen-bond acceptors (Lipinski definition) is 3. The third kappa shape index (κ3) is 4.43. The highest BCUT2D eigenvalue weighted by Crippen LogP contribution is 2.30. The van der Waals surface area contributed by atoms with E-state index < -0.39 is 23.5 Å². The highest BCUT2D eigenvalue weighted by atomic mass is 19.1. The standard InChI is InChI=1S/C17H22FNO4/c1-17(2,3)23-16(22)19-8-4-5-11(10-19)14-9-12(18)6-7-13(14)15(20)21/h6-7,9,11H,4-5,8,10H2,1-3H3,(H,20,21). The molecule has 0 saturated carbocycles. The minimum absolute atomic E-state index is 0.0856. The highest BCUT2D eigenvalue weighted by molar-refractivity contribution is 5.89. The van der Waals surface area contributed by atoms with Crippen LogP contribution in [-0.4, -0.2) is 40.8 Å². The molecule has 5 nitrogen and oxygen atoms in total. The number of rotatable bonds is 2. The summed E-state index contributed by atoms with van der Waals surface area (Å²) in [5, 5.41) is 9.29. The van der Waals surface area contributed by atoms with Gasteiger partial charge in [0.2, 0.25) is 0 Å². The van der Waals surface area contributed by atoms with Crippen LogP contribution in [0.3, 0.4) is 0 Å². The molecule has 1 aromatic rings. The van der Waals surface area contributed by atoms with Gasteiger partial charge < -0.3 is 14.7 Å². The zero-order chi connectivity index (χ0) is 17.2. The second-order valence-electron chi connectivity index (χ2n) is 6.80. The van der Waals surface area contributed by atoms with Crippen molar-refractivity contribution in [3.63, 3.8) is 0 Å². The van der Waals surface area contributed by atoms with Crippen molar-refractivity contribution in [1.29, 1.82) is 0 Å². The molecular formula is C17H22FNO4. The summed E-state index contributed by atoms with van der Waals surface area (Å²) in [5.74, 6) is -1.77. The molecule has 1 saturated heterocycles. The number of benzene rings is 1. The molecule has 0 radical (unpaired) electrons. The zero-order valence-corrected chi connectivity index (χ0v) is 13.6. The Labute approximate surface area is 135 Å². The molecule has 1 unspecified atom stereocenters. The number of hydrogen-bond donors (Lipinski definition) is 1. The van der Waals surface area contributed by atoms with Crippen LogP contribution in [0.2, 0.25) is 0 Å². The minimum Gasteiger partial charge on any atom is -0.478 e. The van der Waals surface area contributed by atoms with E-state index in [9.17, 15) is 19.1 Å². The van der Waals surface area contributed by atoms with Gasteiger partial charge in [0.25, 0.3) is 0 Å². The van der Waals surface area contributed by atoms with Crippen LogP contribution in [0.15, 0.2) is 18.2 Å². The first-order valence-corrected chi connectivity index (χ1v) is 7.68. The van der Waals surface area contributed by atoms with E-state index >= 15 is 0 Å². The largest absolute Gasteiger partial charge is 0.478 e. The van der Waals surface area contributed by atoms with Crippen LogP contribution in [0, 0.1) is 5.82 Å². The molecule has 1 heterocycles. The van der Waals surface area contributed by atoms with E-state index in [0.717, 1.165) is 12.5 Å². The quantitative estimate of drug-likeness (QED) is 0.902. The number of carboxylic acids is 1. The Morgan fingerprint density at radius 3 is 2.65 bits per heavy atom. The van der Waals surface area contributed by atoms with Crippen LogP contribution in [0.1, 0.15) is 55.5 Å². The Morgan fingerprint density at radius 1 is 1.35 bits per heavy atom. The van der Waals surface area contributed by atoms with Crippen molar-refractivity contribution in [3.05, 3.63) is 35.1 Å². The lowest BCUT2D eigenvalue weighted by atomic mass is 9.87. The lowest BCUT2D eigenvalue weighted by Gasteiger charge is -2.34. The number of piperidine rings is 1. The zero-order valence-electron chi connectivity index (χ0n) is 13.6. The number of carbonyl (C=O) groups is 2. The first-order valence-electron chi connectivity index (χ1n) is 7.68. The molecule has 6 heteroatoms. The molecule has 1 N–H and O–H groups in total. The van der Waals surface area contributed by atoms with Gasteiger partial charge in [-0.2, -0.15) is 0 Å². The molecule has 1 amide bonds. The maximum absolute atomic E-state index is 13.5. The normalized spacial score (nSPS) is 18.6. The Kier molecular flexibility index (Phi) is 4.92. The summed E-state index contributed by atoms with van der Waals surface area (Å²) in [5.41, 5.74) is -0.0667. The van der Waals surface area contributed by atoms with Gasteiger partial charge in [0.05, 0.1) is 5.56 Å².